The van der Waals surface area contributed by atoms with Crippen molar-refractivity contribution in [2.45, 2.75) is 32.0 Å². The van der Waals surface area contributed by atoms with E-state index in [1.165, 1.54) is 17.9 Å². The fourth-order valence-electron chi connectivity index (χ4n) is 2.08. The van der Waals surface area contributed by atoms with Crippen molar-refractivity contribution < 1.29 is 4.74 Å². The highest BCUT2D eigenvalue weighted by Crippen LogP contribution is 2.35. The zero-order chi connectivity index (χ0) is 8.60. The van der Waals surface area contributed by atoms with Crippen molar-refractivity contribution in [1.82, 2.24) is 5.32 Å². The normalized spacial score (nSPS) is 44.8. The van der Waals surface area contributed by atoms with Gasteiger partial charge >= 0.3 is 0 Å². The lowest BCUT2D eigenvalue weighted by Crippen LogP contribution is -2.47. The van der Waals surface area contributed by atoms with Crippen LogP contribution >= 0.6 is 24.2 Å². The molecule has 0 aliphatic carbocycles. The second-order valence-corrected chi connectivity index (χ2v) is 5.17. The van der Waals surface area contributed by atoms with E-state index in [1.54, 1.807) is 0 Å². The van der Waals surface area contributed by atoms with Crippen molar-refractivity contribution in [2.24, 2.45) is 5.92 Å². The van der Waals surface area contributed by atoms with Crippen LogP contribution in [0.4, 0.5) is 0 Å². The SMILES string of the molecule is CC1COC(C)(C2CCSC2)N1.Cl. The molecule has 0 saturated carbocycles. The van der Waals surface area contributed by atoms with Gasteiger partial charge in [-0.15, -0.1) is 12.4 Å². The van der Waals surface area contributed by atoms with Gasteiger partial charge in [0.1, 0.15) is 5.72 Å². The summed E-state index contributed by atoms with van der Waals surface area (Å²) in [5, 5.41) is 3.54. The summed E-state index contributed by atoms with van der Waals surface area (Å²) in [6, 6.07) is 0.528. The largest absolute Gasteiger partial charge is 0.359 e. The van der Waals surface area contributed by atoms with E-state index in [2.05, 4.69) is 19.2 Å². The first kappa shape index (κ1) is 11.6. The van der Waals surface area contributed by atoms with Crippen LogP contribution in [0.15, 0.2) is 0 Å². The number of ether oxygens (including phenoxy) is 1. The topological polar surface area (TPSA) is 21.3 Å². The molecule has 2 fully saturated rings. The van der Waals surface area contributed by atoms with E-state index in [4.69, 9.17) is 4.74 Å². The van der Waals surface area contributed by atoms with Gasteiger partial charge in [0.2, 0.25) is 0 Å². The third-order valence-electron chi connectivity index (χ3n) is 2.87. The van der Waals surface area contributed by atoms with Gasteiger partial charge in [0.25, 0.3) is 0 Å². The van der Waals surface area contributed by atoms with E-state index >= 15 is 0 Å². The number of thioether (sulfide) groups is 1. The zero-order valence-electron chi connectivity index (χ0n) is 8.21. The van der Waals surface area contributed by atoms with Crippen molar-refractivity contribution >= 4 is 24.2 Å². The molecule has 0 radical (unpaired) electrons. The molecule has 13 heavy (non-hydrogen) atoms. The number of hydrogen-bond acceptors (Lipinski definition) is 3. The van der Waals surface area contributed by atoms with Gasteiger partial charge in [-0.3, -0.25) is 5.32 Å². The molecule has 2 rings (SSSR count). The Morgan fingerprint density at radius 1 is 1.54 bits per heavy atom. The molecule has 0 aromatic rings. The summed E-state index contributed by atoms with van der Waals surface area (Å²) in [4.78, 5) is 0. The fourth-order valence-corrected chi connectivity index (χ4v) is 3.46. The molecule has 78 valence electrons. The Morgan fingerprint density at radius 3 is 2.77 bits per heavy atom. The second kappa shape index (κ2) is 4.39. The van der Waals surface area contributed by atoms with Crippen LogP contribution in [0, 0.1) is 5.92 Å². The van der Waals surface area contributed by atoms with Gasteiger partial charge in [-0.05, 0) is 26.0 Å². The van der Waals surface area contributed by atoms with E-state index in [0.717, 1.165) is 6.61 Å². The van der Waals surface area contributed by atoms with Crippen LogP contribution in [-0.2, 0) is 4.74 Å². The van der Waals surface area contributed by atoms with Crippen molar-refractivity contribution in [3.63, 3.8) is 0 Å². The lowest BCUT2D eigenvalue weighted by Gasteiger charge is -2.30. The van der Waals surface area contributed by atoms with Crippen LogP contribution < -0.4 is 5.32 Å². The van der Waals surface area contributed by atoms with Gasteiger partial charge in [-0.25, -0.2) is 0 Å². The minimum atomic E-state index is -0.0249. The lowest BCUT2D eigenvalue weighted by molar-refractivity contribution is -0.0345. The van der Waals surface area contributed by atoms with Gasteiger partial charge in [0, 0.05) is 17.7 Å². The van der Waals surface area contributed by atoms with Crippen LogP contribution in [-0.4, -0.2) is 29.9 Å². The smallest absolute Gasteiger partial charge is 0.120 e. The third-order valence-corrected chi connectivity index (χ3v) is 4.04. The van der Waals surface area contributed by atoms with E-state index in [9.17, 15) is 0 Å². The van der Waals surface area contributed by atoms with Gasteiger partial charge in [0.05, 0.1) is 6.61 Å². The van der Waals surface area contributed by atoms with E-state index in [-0.39, 0.29) is 18.1 Å². The summed E-state index contributed by atoms with van der Waals surface area (Å²) in [6.45, 7) is 5.26. The van der Waals surface area contributed by atoms with Crippen LogP contribution in [0.3, 0.4) is 0 Å². The van der Waals surface area contributed by atoms with Crippen LogP contribution in [0.5, 0.6) is 0 Å². The maximum atomic E-state index is 5.81. The zero-order valence-corrected chi connectivity index (χ0v) is 9.84. The van der Waals surface area contributed by atoms with Crippen molar-refractivity contribution in [3.8, 4) is 0 Å². The average molecular weight is 224 g/mol. The molecule has 3 atom stereocenters. The quantitative estimate of drug-likeness (QED) is 0.734. The number of hydrogen-bond donors (Lipinski definition) is 1. The Bertz CT molecular complexity index is 175. The van der Waals surface area contributed by atoms with Crippen molar-refractivity contribution in [1.29, 1.82) is 0 Å². The van der Waals surface area contributed by atoms with Gasteiger partial charge < -0.3 is 4.74 Å². The Labute approximate surface area is 90.6 Å². The average Bonchev–Trinajstić information content (AvgIpc) is 2.59. The van der Waals surface area contributed by atoms with E-state index < -0.39 is 0 Å². The first-order valence-electron chi connectivity index (χ1n) is 4.70. The standard InChI is InChI=1S/C9H17NOS.ClH/c1-7-5-11-9(2,10-7)8-3-4-12-6-8;/h7-8,10H,3-6H2,1-2H3;1H. The Balaban J connectivity index is 0.000000845. The molecule has 3 unspecified atom stereocenters. The van der Waals surface area contributed by atoms with Gasteiger partial charge in [0.15, 0.2) is 0 Å². The predicted octanol–water partition coefficient (Wildman–Crippen LogP) is 1.89. The molecule has 2 nitrogen and oxygen atoms in total. The third kappa shape index (κ3) is 2.32. The number of nitrogens with one attached hydrogen (secondary N) is 1. The minimum Gasteiger partial charge on any atom is -0.359 e. The molecule has 2 saturated heterocycles. The Hall–Kier alpha value is 0.560. The molecule has 0 aromatic heterocycles. The van der Waals surface area contributed by atoms with Gasteiger partial charge in [-0.1, -0.05) is 0 Å². The molecule has 4 heteroatoms. The summed E-state index contributed by atoms with van der Waals surface area (Å²) in [6.07, 6.45) is 1.31. The summed E-state index contributed by atoms with van der Waals surface area (Å²) in [5.41, 5.74) is -0.0249. The van der Waals surface area contributed by atoms with E-state index in [0.29, 0.717) is 12.0 Å². The molecule has 0 aromatic carbocycles. The molecule has 2 aliphatic heterocycles. The highest BCUT2D eigenvalue weighted by molar-refractivity contribution is 7.99. The van der Waals surface area contributed by atoms with Gasteiger partial charge in [-0.2, -0.15) is 11.8 Å². The van der Waals surface area contributed by atoms with Crippen molar-refractivity contribution in [2.75, 3.05) is 18.1 Å². The molecule has 0 bridgehead atoms. The second-order valence-electron chi connectivity index (χ2n) is 4.02. The summed E-state index contributed by atoms with van der Waals surface area (Å²) in [7, 11) is 0. The Morgan fingerprint density at radius 2 is 2.31 bits per heavy atom. The maximum Gasteiger partial charge on any atom is 0.120 e. The predicted molar refractivity (Wildman–Crippen MR) is 59.6 cm³/mol. The first-order valence-corrected chi connectivity index (χ1v) is 5.85. The monoisotopic (exact) mass is 223 g/mol. The molecule has 1 N–H and O–H groups in total. The number of rotatable bonds is 1. The number of halogens is 1. The molecule has 0 spiro atoms. The molecule has 2 aliphatic rings. The molecular weight excluding hydrogens is 206 g/mol. The minimum absolute atomic E-state index is 0. The lowest BCUT2D eigenvalue weighted by atomic mass is 9.97. The summed E-state index contributed by atoms with van der Waals surface area (Å²) >= 11 is 2.05. The van der Waals surface area contributed by atoms with Crippen LogP contribution in [0.1, 0.15) is 20.3 Å². The molecule has 0 amide bonds. The Kier molecular flexibility index (Phi) is 3.93. The molecular formula is C9H18ClNOS. The summed E-state index contributed by atoms with van der Waals surface area (Å²) in [5.74, 6) is 3.28. The molecule has 2 heterocycles. The maximum absolute atomic E-state index is 5.81. The fraction of sp³-hybridized carbons (Fsp3) is 1.00. The van der Waals surface area contributed by atoms with Crippen LogP contribution in [0.2, 0.25) is 0 Å². The highest BCUT2D eigenvalue weighted by atomic mass is 35.5. The summed E-state index contributed by atoms with van der Waals surface area (Å²) < 4.78 is 5.81. The van der Waals surface area contributed by atoms with Crippen LogP contribution in [0.25, 0.3) is 0 Å². The van der Waals surface area contributed by atoms with E-state index in [1.807, 2.05) is 11.8 Å². The first-order chi connectivity index (χ1) is 5.71. The van der Waals surface area contributed by atoms with Crippen molar-refractivity contribution in [3.05, 3.63) is 0 Å². The highest BCUT2D eigenvalue weighted by Gasteiger charge is 2.41.